The maximum Gasteiger partial charge on any atom is 0.238 e. The lowest BCUT2D eigenvalue weighted by Gasteiger charge is -2.12. The van der Waals surface area contributed by atoms with E-state index in [0.29, 0.717) is 13.2 Å². The Morgan fingerprint density at radius 3 is 2.59 bits per heavy atom. The zero-order valence-electron chi connectivity index (χ0n) is 10.6. The van der Waals surface area contributed by atoms with Crippen LogP contribution in [0, 0.1) is 6.92 Å². The summed E-state index contributed by atoms with van der Waals surface area (Å²) in [4.78, 5) is 11.6. The highest BCUT2D eigenvalue weighted by molar-refractivity contribution is 5.92. The van der Waals surface area contributed by atoms with Gasteiger partial charge in [0.15, 0.2) is 0 Å². The third-order valence-corrected chi connectivity index (χ3v) is 2.36. The van der Waals surface area contributed by atoms with Crippen molar-refractivity contribution in [2.24, 2.45) is 0 Å². The summed E-state index contributed by atoms with van der Waals surface area (Å²) in [6.07, 6.45) is 0. The second kappa shape index (κ2) is 7.04. The molecule has 1 aromatic rings. The van der Waals surface area contributed by atoms with Crippen molar-refractivity contribution in [3.63, 3.8) is 0 Å². The quantitative estimate of drug-likeness (QED) is 0.788. The van der Waals surface area contributed by atoms with Crippen molar-refractivity contribution in [3.8, 4) is 0 Å². The molecule has 0 aliphatic carbocycles. The maximum absolute atomic E-state index is 11.6. The number of methoxy groups -OCH3 is 1. The van der Waals surface area contributed by atoms with Crippen LogP contribution in [0.3, 0.4) is 0 Å². The number of anilines is 1. The Hall–Kier alpha value is -1.39. The Balaban J connectivity index is 2.32. The fourth-order valence-electron chi connectivity index (χ4n) is 1.42. The van der Waals surface area contributed by atoms with Crippen molar-refractivity contribution in [2.45, 2.75) is 19.9 Å². The van der Waals surface area contributed by atoms with Crippen LogP contribution in [0.1, 0.15) is 12.5 Å². The monoisotopic (exact) mass is 236 g/mol. The number of carbonyl (C=O) groups excluding carboxylic acids is 1. The van der Waals surface area contributed by atoms with Crippen LogP contribution in [0.5, 0.6) is 0 Å². The number of carbonyl (C=O) groups is 1. The van der Waals surface area contributed by atoms with Crippen LogP contribution in [0.15, 0.2) is 24.3 Å². The average Bonchev–Trinajstić information content (AvgIpc) is 2.30. The van der Waals surface area contributed by atoms with Crippen LogP contribution in [0.2, 0.25) is 0 Å². The number of benzene rings is 1. The maximum atomic E-state index is 11.6. The lowest BCUT2D eigenvalue weighted by molar-refractivity contribution is -0.115. The van der Waals surface area contributed by atoms with E-state index in [4.69, 9.17) is 4.74 Å². The summed E-state index contributed by atoms with van der Waals surface area (Å²) < 4.78 is 4.97. The normalized spacial score (nSPS) is 12.2. The molecule has 0 aliphatic heterocycles. The average molecular weight is 236 g/mol. The number of hydrogen-bond donors (Lipinski definition) is 2. The molecule has 0 aromatic heterocycles. The van der Waals surface area contributed by atoms with Crippen LogP contribution in [0.4, 0.5) is 5.69 Å². The molecule has 1 amide bonds. The molecule has 0 aliphatic rings. The minimum atomic E-state index is -0.0446. The summed E-state index contributed by atoms with van der Waals surface area (Å²) in [6.45, 7) is 4.87. The molecule has 2 N–H and O–H groups in total. The molecular weight excluding hydrogens is 216 g/mol. The summed E-state index contributed by atoms with van der Waals surface area (Å²) in [5.74, 6) is -0.0446. The molecule has 1 rings (SSSR count). The van der Waals surface area contributed by atoms with E-state index in [2.05, 4.69) is 10.6 Å². The molecule has 0 saturated carbocycles. The SMILES string of the molecule is COCC(C)NCC(=O)Nc1ccc(C)cc1. The predicted octanol–water partition coefficient (Wildman–Crippen LogP) is 1.56. The minimum absolute atomic E-state index is 0.0446. The number of amides is 1. The van der Waals surface area contributed by atoms with E-state index in [0.717, 1.165) is 5.69 Å². The molecule has 1 unspecified atom stereocenters. The lowest BCUT2D eigenvalue weighted by atomic mass is 10.2. The largest absolute Gasteiger partial charge is 0.383 e. The molecule has 0 heterocycles. The van der Waals surface area contributed by atoms with Gasteiger partial charge >= 0.3 is 0 Å². The first-order valence-electron chi connectivity index (χ1n) is 5.70. The molecule has 1 aromatic carbocycles. The van der Waals surface area contributed by atoms with E-state index < -0.39 is 0 Å². The number of hydrogen-bond acceptors (Lipinski definition) is 3. The first-order chi connectivity index (χ1) is 8.11. The molecule has 0 bridgehead atoms. The van der Waals surface area contributed by atoms with Crippen LogP contribution in [0.25, 0.3) is 0 Å². The molecule has 94 valence electrons. The van der Waals surface area contributed by atoms with E-state index in [1.807, 2.05) is 38.1 Å². The number of nitrogens with one attached hydrogen (secondary N) is 2. The van der Waals surface area contributed by atoms with E-state index >= 15 is 0 Å². The summed E-state index contributed by atoms with van der Waals surface area (Å²) in [7, 11) is 1.64. The Morgan fingerprint density at radius 2 is 2.00 bits per heavy atom. The van der Waals surface area contributed by atoms with Crippen molar-refractivity contribution in [2.75, 3.05) is 25.6 Å². The number of rotatable bonds is 6. The van der Waals surface area contributed by atoms with Gasteiger partial charge in [-0.3, -0.25) is 4.79 Å². The highest BCUT2D eigenvalue weighted by atomic mass is 16.5. The van der Waals surface area contributed by atoms with Crippen molar-refractivity contribution in [1.29, 1.82) is 0 Å². The molecule has 0 fully saturated rings. The highest BCUT2D eigenvalue weighted by Crippen LogP contribution is 2.07. The molecule has 1 atom stereocenters. The smallest absolute Gasteiger partial charge is 0.238 e. The standard InChI is InChI=1S/C13H20N2O2/c1-10-4-6-12(7-5-10)15-13(16)8-14-11(2)9-17-3/h4-7,11,14H,8-9H2,1-3H3,(H,15,16). The third kappa shape index (κ3) is 5.47. The van der Waals surface area contributed by atoms with E-state index in [1.165, 1.54) is 5.56 Å². The number of aryl methyl sites for hydroxylation is 1. The number of ether oxygens (including phenoxy) is 1. The lowest BCUT2D eigenvalue weighted by Crippen LogP contribution is -2.36. The second-order valence-corrected chi connectivity index (χ2v) is 4.15. The van der Waals surface area contributed by atoms with Gasteiger partial charge in [0.2, 0.25) is 5.91 Å². The summed E-state index contributed by atoms with van der Waals surface area (Å²) >= 11 is 0. The Morgan fingerprint density at radius 1 is 1.35 bits per heavy atom. The first-order valence-corrected chi connectivity index (χ1v) is 5.70. The van der Waals surface area contributed by atoms with Crippen molar-refractivity contribution in [1.82, 2.24) is 5.32 Å². The molecule has 17 heavy (non-hydrogen) atoms. The van der Waals surface area contributed by atoms with Gasteiger partial charge in [0.1, 0.15) is 0 Å². The van der Waals surface area contributed by atoms with Crippen LogP contribution < -0.4 is 10.6 Å². The van der Waals surface area contributed by atoms with Gasteiger partial charge in [-0.15, -0.1) is 0 Å². The third-order valence-electron chi connectivity index (χ3n) is 2.36. The molecular formula is C13H20N2O2. The van der Waals surface area contributed by atoms with Crippen LogP contribution in [-0.2, 0) is 9.53 Å². The molecule has 0 saturated heterocycles. The van der Waals surface area contributed by atoms with E-state index in [9.17, 15) is 4.79 Å². The van der Waals surface area contributed by atoms with Gasteiger partial charge in [0, 0.05) is 18.8 Å². The van der Waals surface area contributed by atoms with Crippen molar-refractivity contribution < 1.29 is 9.53 Å². The van der Waals surface area contributed by atoms with E-state index in [-0.39, 0.29) is 11.9 Å². The van der Waals surface area contributed by atoms with Crippen molar-refractivity contribution in [3.05, 3.63) is 29.8 Å². The van der Waals surface area contributed by atoms with Crippen LogP contribution >= 0.6 is 0 Å². The Kier molecular flexibility index (Phi) is 5.66. The molecule has 0 spiro atoms. The molecule has 0 radical (unpaired) electrons. The Labute approximate surface area is 102 Å². The first kappa shape index (κ1) is 13.7. The van der Waals surface area contributed by atoms with Gasteiger partial charge in [-0.25, -0.2) is 0 Å². The second-order valence-electron chi connectivity index (χ2n) is 4.15. The fourth-order valence-corrected chi connectivity index (χ4v) is 1.42. The zero-order chi connectivity index (χ0) is 12.7. The van der Waals surface area contributed by atoms with Crippen molar-refractivity contribution >= 4 is 11.6 Å². The van der Waals surface area contributed by atoms with E-state index in [1.54, 1.807) is 7.11 Å². The summed E-state index contributed by atoms with van der Waals surface area (Å²) in [5, 5.41) is 5.90. The van der Waals surface area contributed by atoms with Gasteiger partial charge in [-0.2, -0.15) is 0 Å². The Bertz CT molecular complexity index is 349. The zero-order valence-corrected chi connectivity index (χ0v) is 10.6. The predicted molar refractivity (Wildman–Crippen MR) is 69.1 cm³/mol. The van der Waals surface area contributed by atoms with Gasteiger partial charge in [-0.05, 0) is 26.0 Å². The van der Waals surface area contributed by atoms with Gasteiger partial charge in [0.25, 0.3) is 0 Å². The van der Waals surface area contributed by atoms with Gasteiger partial charge in [-0.1, -0.05) is 17.7 Å². The minimum Gasteiger partial charge on any atom is -0.383 e. The fraction of sp³-hybridized carbons (Fsp3) is 0.462. The molecule has 4 heteroatoms. The molecule has 4 nitrogen and oxygen atoms in total. The van der Waals surface area contributed by atoms with Gasteiger partial charge in [0.05, 0.1) is 13.2 Å². The summed E-state index contributed by atoms with van der Waals surface area (Å²) in [5.41, 5.74) is 2.00. The van der Waals surface area contributed by atoms with Gasteiger partial charge < -0.3 is 15.4 Å². The summed E-state index contributed by atoms with van der Waals surface area (Å²) in [6, 6.07) is 7.90. The van der Waals surface area contributed by atoms with Crippen LogP contribution in [-0.4, -0.2) is 32.2 Å². The topological polar surface area (TPSA) is 50.4 Å². The highest BCUT2D eigenvalue weighted by Gasteiger charge is 2.05.